The van der Waals surface area contributed by atoms with Crippen molar-refractivity contribution in [1.29, 1.82) is 0 Å². The van der Waals surface area contributed by atoms with E-state index in [0.29, 0.717) is 12.1 Å². The molecule has 1 aromatic heterocycles. The number of alkyl halides is 2. The van der Waals surface area contributed by atoms with E-state index in [0.717, 1.165) is 0 Å². The van der Waals surface area contributed by atoms with Gasteiger partial charge in [-0.2, -0.15) is 0 Å². The lowest BCUT2D eigenvalue weighted by Crippen LogP contribution is -2.43. The van der Waals surface area contributed by atoms with Crippen molar-refractivity contribution in [1.82, 2.24) is 15.3 Å². The molecule has 1 heterocycles. The van der Waals surface area contributed by atoms with E-state index >= 15 is 0 Å². The predicted molar refractivity (Wildman–Crippen MR) is 75.0 cm³/mol. The first-order valence-corrected chi connectivity index (χ1v) is 7.17. The van der Waals surface area contributed by atoms with E-state index in [4.69, 9.17) is 11.6 Å². The molecule has 1 aliphatic rings. The summed E-state index contributed by atoms with van der Waals surface area (Å²) in [5, 5.41) is 2.83. The van der Waals surface area contributed by atoms with Crippen LogP contribution in [-0.2, 0) is 11.3 Å². The molecule has 1 fully saturated rings. The summed E-state index contributed by atoms with van der Waals surface area (Å²) < 4.78 is 27.4. The van der Waals surface area contributed by atoms with Crippen LogP contribution in [0.2, 0.25) is 5.15 Å². The predicted octanol–water partition coefficient (Wildman–Crippen LogP) is 3.21. The lowest BCUT2D eigenvalue weighted by molar-refractivity contribution is -0.139. The number of carbonyl (C=O) groups is 1. The highest BCUT2D eigenvalue weighted by Gasteiger charge is 2.47. The Hall–Kier alpha value is -1.30. The Morgan fingerprint density at radius 2 is 2.05 bits per heavy atom. The standard InChI is InChI=1S/C14H18ClF2N3O/c1-13(2)5-9(6-14(16,17)8-13)12(21)20-7-10-11(15)19-4-3-18-10/h3-4,9H,5-8H2,1-2H3,(H,20,21). The summed E-state index contributed by atoms with van der Waals surface area (Å²) in [7, 11) is 0. The maximum atomic E-state index is 13.7. The molecule has 0 saturated heterocycles. The van der Waals surface area contributed by atoms with Crippen molar-refractivity contribution in [3.63, 3.8) is 0 Å². The first-order valence-electron chi connectivity index (χ1n) is 6.79. The summed E-state index contributed by atoms with van der Waals surface area (Å²) in [6.45, 7) is 3.62. The minimum Gasteiger partial charge on any atom is -0.350 e. The molecule has 21 heavy (non-hydrogen) atoms. The molecule has 0 spiro atoms. The summed E-state index contributed by atoms with van der Waals surface area (Å²) in [5.74, 6) is -3.88. The fraction of sp³-hybridized carbons (Fsp3) is 0.643. The molecule has 0 radical (unpaired) electrons. The Bertz CT molecular complexity index is 521. The fourth-order valence-corrected chi connectivity index (χ4v) is 3.09. The molecule has 1 atom stereocenters. The monoisotopic (exact) mass is 317 g/mol. The van der Waals surface area contributed by atoms with Gasteiger partial charge in [-0.05, 0) is 11.8 Å². The third-order valence-corrected chi connectivity index (χ3v) is 3.92. The Balaban J connectivity index is 1.99. The van der Waals surface area contributed by atoms with Crippen molar-refractivity contribution in [2.45, 2.75) is 45.6 Å². The maximum absolute atomic E-state index is 13.7. The summed E-state index contributed by atoms with van der Waals surface area (Å²) in [6.07, 6.45) is 2.77. The van der Waals surface area contributed by atoms with Crippen LogP contribution < -0.4 is 5.32 Å². The van der Waals surface area contributed by atoms with Crippen molar-refractivity contribution in [3.8, 4) is 0 Å². The molecule has 1 unspecified atom stereocenters. The third kappa shape index (κ3) is 4.33. The number of rotatable bonds is 3. The van der Waals surface area contributed by atoms with Gasteiger partial charge in [0.15, 0.2) is 5.15 Å². The Labute approximate surface area is 127 Å². The van der Waals surface area contributed by atoms with Gasteiger partial charge in [-0.1, -0.05) is 25.4 Å². The van der Waals surface area contributed by atoms with Crippen molar-refractivity contribution < 1.29 is 13.6 Å². The van der Waals surface area contributed by atoms with Crippen LogP contribution >= 0.6 is 11.6 Å². The number of hydrogen-bond acceptors (Lipinski definition) is 3. The zero-order valence-corrected chi connectivity index (χ0v) is 12.8. The van der Waals surface area contributed by atoms with Crippen LogP contribution in [0.3, 0.4) is 0 Å². The quantitative estimate of drug-likeness (QED) is 0.931. The summed E-state index contributed by atoms with van der Waals surface area (Å²) >= 11 is 5.84. The van der Waals surface area contributed by atoms with Crippen molar-refractivity contribution >= 4 is 17.5 Å². The number of halogens is 3. The highest BCUT2D eigenvalue weighted by Crippen LogP contribution is 2.46. The van der Waals surface area contributed by atoms with Crippen LogP contribution in [0.1, 0.15) is 38.8 Å². The molecule has 0 bridgehead atoms. The zero-order valence-electron chi connectivity index (χ0n) is 12.0. The molecule has 116 valence electrons. The van der Waals surface area contributed by atoms with E-state index in [-0.39, 0.29) is 24.0 Å². The van der Waals surface area contributed by atoms with Gasteiger partial charge in [0.05, 0.1) is 12.2 Å². The van der Waals surface area contributed by atoms with Gasteiger partial charge in [-0.25, -0.2) is 13.8 Å². The van der Waals surface area contributed by atoms with E-state index in [2.05, 4.69) is 15.3 Å². The van der Waals surface area contributed by atoms with E-state index in [1.54, 1.807) is 13.8 Å². The lowest BCUT2D eigenvalue weighted by Gasteiger charge is -2.39. The highest BCUT2D eigenvalue weighted by atomic mass is 35.5. The second-order valence-corrected chi connectivity index (χ2v) is 6.67. The van der Waals surface area contributed by atoms with Gasteiger partial charge in [0.2, 0.25) is 11.8 Å². The number of amides is 1. The normalized spacial score (nSPS) is 23.6. The molecule has 0 aromatic carbocycles. The number of carbonyl (C=O) groups excluding carboxylic acids is 1. The van der Waals surface area contributed by atoms with Crippen LogP contribution in [0.25, 0.3) is 0 Å². The molecule has 1 aromatic rings. The smallest absolute Gasteiger partial charge is 0.249 e. The van der Waals surface area contributed by atoms with E-state index < -0.39 is 23.7 Å². The summed E-state index contributed by atoms with van der Waals surface area (Å²) in [6, 6.07) is 0. The largest absolute Gasteiger partial charge is 0.350 e. The molecular formula is C14H18ClF2N3O. The van der Waals surface area contributed by atoms with Gasteiger partial charge in [0.25, 0.3) is 0 Å². The van der Waals surface area contributed by atoms with Crippen LogP contribution in [0.5, 0.6) is 0 Å². The first-order chi connectivity index (χ1) is 9.69. The van der Waals surface area contributed by atoms with Crippen LogP contribution in [0, 0.1) is 11.3 Å². The van der Waals surface area contributed by atoms with Crippen molar-refractivity contribution in [3.05, 3.63) is 23.2 Å². The number of hydrogen-bond donors (Lipinski definition) is 1. The molecule has 1 aliphatic carbocycles. The molecule has 7 heteroatoms. The fourth-order valence-electron chi connectivity index (χ4n) is 2.91. The van der Waals surface area contributed by atoms with Crippen LogP contribution in [-0.4, -0.2) is 21.8 Å². The first kappa shape index (κ1) is 16.1. The zero-order chi connectivity index (χ0) is 15.7. The van der Waals surface area contributed by atoms with Crippen LogP contribution in [0.15, 0.2) is 12.4 Å². The van der Waals surface area contributed by atoms with Gasteiger partial charge >= 0.3 is 0 Å². The molecular weight excluding hydrogens is 300 g/mol. The van der Waals surface area contributed by atoms with Crippen LogP contribution in [0.4, 0.5) is 8.78 Å². The molecule has 2 rings (SSSR count). The van der Waals surface area contributed by atoms with E-state index in [1.807, 2.05) is 0 Å². The molecule has 1 saturated carbocycles. The Kier molecular flexibility index (Phi) is 4.46. The average molecular weight is 318 g/mol. The van der Waals surface area contributed by atoms with Crippen molar-refractivity contribution in [2.24, 2.45) is 11.3 Å². The second kappa shape index (κ2) is 5.83. The molecule has 0 aliphatic heterocycles. The number of nitrogens with one attached hydrogen (secondary N) is 1. The topological polar surface area (TPSA) is 54.9 Å². The maximum Gasteiger partial charge on any atom is 0.249 e. The SMILES string of the molecule is CC1(C)CC(C(=O)NCc2nccnc2Cl)CC(F)(F)C1. The molecule has 1 amide bonds. The second-order valence-electron chi connectivity index (χ2n) is 6.31. The van der Waals surface area contributed by atoms with Gasteiger partial charge in [-0.15, -0.1) is 0 Å². The number of aromatic nitrogens is 2. The average Bonchev–Trinajstić information content (AvgIpc) is 2.33. The Morgan fingerprint density at radius 3 is 2.67 bits per heavy atom. The minimum atomic E-state index is -2.80. The van der Waals surface area contributed by atoms with E-state index in [9.17, 15) is 13.6 Å². The van der Waals surface area contributed by atoms with Gasteiger partial charge < -0.3 is 5.32 Å². The minimum absolute atomic E-state index is 0.0913. The van der Waals surface area contributed by atoms with Gasteiger partial charge in [-0.3, -0.25) is 9.78 Å². The summed E-state index contributed by atoms with van der Waals surface area (Å²) in [4.78, 5) is 20.0. The van der Waals surface area contributed by atoms with Crippen molar-refractivity contribution in [2.75, 3.05) is 0 Å². The highest BCUT2D eigenvalue weighted by molar-refractivity contribution is 6.29. The Morgan fingerprint density at radius 1 is 1.38 bits per heavy atom. The molecule has 4 nitrogen and oxygen atoms in total. The molecule has 1 N–H and O–H groups in total. The lowest BCUT2D eigenvalue weighted by atomic mass is 9.70. The van der Waals surface area contributed by atoms with Gasteiger partial charge in [0.1, 0.15) is 0 Å². The summed E-state index contributed by atoms with van der Waals surface area (Å²) in [5.41, 5.74) is -0.122. The third-order valence-electron chi connectivity index (χ3n) is 3.61. The number of nitrogens with zero attached hydrogens (tertiary/aromatic N) is 2. The van der Waals surface area contributed by atoms with Gasteiger partial charge in [0, 0.05) is 31.2 Å². The van der Waals surface area contributed by atoms with E-state index in [1.165, 1.54) is 12.4 Å².